The van der Waals surface area contributed by atoms with Gasteiger partial charge in [0.25, 0.3) is 0 Å². The van der Waals surface area contributed by atoms with E-state index in [0.717, 1.165) is 4.57 Å². The molecule has 0 N–H and O–H groups in total. The number of amides is 1. The van der Waals surface area contributed by atoms with Crippen molar-refractivity contribution in [2.24, 2.45) is 7.05 Å². The summed E-state index contributed by atoms with van der Waals surface area (Å²) in [7, 11) is 3.11. The molecule has 0 bridgehead atoms. The second-order valence-electron chi connectivity index (χ2n) is 6.82. The number of aromatic nitrogens is 4. The van der Waals surface area contributed by atoms with Gasteiger partial charge in [-0.15, -0.1) is 0 Å². The fourth-order valence-corrected chi connectivity index (χ4v) is 3.59. The van der Waals surface area contributed by atoms with E-state index >= 15 is 0 Å². The minimum Gasteiger partial charge on any atom is -0.488 e. The van der Waals surface area contributed by atoms with Crippen LogP contribution in [0.3, 0.4) is 0 Å². The highest BCUT2D eigenvalue weighted by Crippen LogP contribution is 2.22. The number of aryl methyl sites for hydroxylation is 1. The number of carbonyl (C=O) groups excluding carboxylic acids is 1. The second kappa shape index (κ2) is 7.84. The Morgan fingerprint density at radius 1 is 1.38 bits per heavy atom. The lowest BCUT2D eigenvalue weighted by Crippen LogP contribution is -2.39. The van der Waals surface area contributed by atoms with E-state index < -0.39 is 11.7 Å². The number of imidazole rings is 1. The lowest BCUT2D eigenvalue weighted by molar-refractivity contribution is 0.178. The SMILES string of the molecule is COCc1ncc2c(n1)n(C)c(=O)n2C(=O)N1CC[C@@H](Oc2cccc(Cl)c2)C1. The highest BCUT2D eigenvalue weighted by atomic mass is 35.5. The lowest BCUT2D eigenvalue weighted by Gasteiger charge is -2.17. The summed E-state index contributed by atoms with van der Waals surface area (Å²) in [6.07, 6.45) is 1.96. The Morgan fingerprint density at radius 2 is 2.21 bits per heavy atom. The molecule has 0 radical (unpaired) electrons. The van der Waals surface area contributed by atoms with E-state index in [2.05, 4.69) is 9.97 Å². The lowest BCUT2D eigenvalue weighted by atomic mass is 10.3. The average Bonchev–Trinajstić information content (AvgIpc) is 3.25. The van der Waals surface area contributed by atoms with Gasteiger partial charge in [-0.2, -0.15) is 0 Å². The van der Waals surface area contributed by atoms with Crippen LogP contribution in [0.15, 0.2) is 35.3 Å². The van der Waals surface area contributed by atoms with E-state index in [0.29, 0.717) is 47.3 Å². The first kappa shape index (κ1) is 19.4. The van der Waals surface area contributed by atoms with Crippen molar-refractivity contribution in [3.05, 3.63) is 51.8 Å². The highest BCUT2D eigenvalue weighted by Gasteiger charge is 2.31. The molecule has 2 aromatic heterocycles. The molecule has 29 heavy (non-hydrogen) atoms. The maximum Gasteiger partial charge on any atom is 0.338 e. The third-order valence-electron chi connectivity index (χ3n) is 4.82. The largest absolute Gasteiger partial charge is 0.488 e. The van der Waals surface area contributed by atoms with Crippen LogP contribution in [0.5, 0.6) is 5.75 Å². The maximum atomic E-state index is 13.1. The predicted molar refractivity (Wildman–Crippen MR) is 106 cm³/mol. The van der Waals surface area contributed by atoms with E-state index in [4.69, 9.17) is 21.1 Å². The molecule has 0 aliphatic carbocycles. The van der Waals surface area contributed by atoms with Gasteiger partial charge < -0.3 is 14.4 Å². The number of nitrogens with zero attached hydrogens (tertiary/aromatic N) is 5. The third-order valence-corrected chi connectivity index (χ3v) is 5.05. The van der Waals surface area contributed by atoms with Gasteiger partial charge in [0.15, 0.2) is 11.5 Å². The Bertz CT molecular complexity index is 1130. The van der Waals surface area contributed by atoms with Crippen LogP contribution in [0.4, 0.5) is 4.79 Å². The van der Waals surface area contributed by atoms with Crippen LogP contribution in [-0.2, 0) is 18.4 Å². The summed E-state index contributed by atoms with van der Waals surface area (Å²) < 4.78 is 13.4. The van der Waals surface area contributed by atoms with Gasteiger partial charge in [-0.1, -0.05) is 17.7 Å². The molecule has 1 saturated heterocycles. The van der Waals surface area contributed by atoms with Crippen molar-refractivity contribution in [3.63, 3.8) is 0 Å². The molecular formula is C19H20ClN5O4. The van der Waals surface area contributed by atoms with E-state index in [1.807, 2.05) is 12.1 Å². The van der Waals surface area contributed by atoms with Crippen LogP contribution in [-0.4, -0.2) is 56.3 Å². The summed E-state index contributed by atoms with van der Waals surface area (Å²) in [6, 6.07) is 6.71. The van der Waals surface area contributed by atoms with Gasteiger partial charge in [-0.05, 0) is 18.2 Å². The molecule has 1 aliphatic heterocycles. The number of likely N-dealkylation sites (tertiary alicyclic amines) is 1. The van der Waals surface area contributed by atoms with Gasteiger partial charge in [0.1, 0.15) is 24.0 Å². The Balaban J connectivity index is 1.56. The smallest absolute Gasteiger partial charge is 0.338 e. The summed E-state index contributed by atoms with van der Waals surface area (Å²) >= 11 is 5.99. The quantitative estimate of drug-likeness (QED) is 0.645. The van der Waals surface area contributed by atoms with Gasteiger partial charge in [-0.3, -0.25) is 4.57 Å². The first-order valence-electron chi connectivity index (χ1n) is 9.11. The number of hydrogen-bond donors (Lipinski definition) is 0. The number of benzene rings is 1. The molecule has 1 aromatic carbocycles. The highest BCUT2D eigenvalue weighted by molar-refractivity contribution is 6.30. The van der Waals surface area contributed by atoms with E-state index in [9.17, 15) is 9.59 Å². The van der Waals surface area contributed by atoms with Gasteiger partial charge in [-0.25, -0.2) is 24.1 Å². The first-order valence-corrected chi connectivity index (χ1v) is 9.49. The van der Waals surface area contributed by atoms with Gasteiger partial charge in [0.2, 0.25) is 0 Å². The average molecular weight is 418 g/mol. The zero-order valence-electron chi connectivity index (χ0n) is 16.0. The number of rotatable bonds is 4. The second-order valence-corrected chi connectivity index (χ2v) is 7.26. The monoisotopic (exact) mass is 417 g/mol. The van der Waals surface area contributed by atoms with Crippen LogP contribution in [0.25, 0.3) is 11.2 Å². The summed E-state index contributed by atoms with van der Waals surface area (Å²) in [4.78, 5) is 35.9. The van der Waals surface area contributed by atoms with Gasteiger partial charge in [0, 0.05) is 32.1 Å². The number of ether oxygens (including phenoxy) is 2. The van der Waals surface area contributed by atoms with E-state index in [1.54, 1.807) is 24.1 Å². The molecule has 9 nitrogen and oxygen atoms in total. The summed E-state index contributed by atoms with van der Waals surface area (Å²) in [5, 5.41) is 0.587. The van der Waals surface area contributed by atoms with Gasteiger partial charge >= 0.3 is 11.7 Å². The molecular weight excluding hydrogens is 398 g/mol. The van der Waals surface area contributed by atoms with Crippen LogP contribution in [0.2, 0.25) is 5.02 Å². The van der Waals surface area contributed by atoms with E-state index in [-0.39, 0.29) is 12.7 Å². The molecule has 4 rings (SSSR count). The van der Waals surface area contributed by atoms with Crippen LogP contribution in [0.1, 0.15) is 12.2 Å². The normalized spacial score (nSPS) is 16.5. The Labute approximate surface area is 171 Å². The van der Waals surface area contributed by atoms with Crippen LogP contribution in [0, 0.1) is 0 Å². The summed E-state index contributed by atoms with van der Waals surface area (Å²) in [5.41, 5.74) is 0.283. The van der Waals surface area contributed by atoms with Crippen molar-refractivity contribution in [2.75, 3.05) is 20.2 Å². The number of carbonyl (C=O) groups is 1. The molecule has 10 heteroatoms. The molecule has 3 heterocycles. The minimum absolute atomic E-state index is 0.173. The standard InChI is InChI=1S/C19H20ClN5O4/c1-23-17-15(9-21-16(22-17)11-28-2)25(18(23)26)19(27)24-7-6-14(10-24)29-13-5-3-4-12(20)8-13/h3-5,8-9,14H,6-7,10-11H2,1-2H3/t14-/m1/s1. The number of fused-ring (bicyclic) bond motifs is 1. The number of methoxy groups -OCH3 is 1. The Hall–Kier alpha value is -2.91. The van der Waals surface area contributed by atoms with Crippen molar-refractivity contribution in [2.45, 2.75) is 19.1 Å². The molecule has 1 aliphatic rings. The van der Waals surface area contributed by atoms with Crippen molar-refractivity contribution in [1.82, 2.24) is 24.0 Å². The van der Waals surface area contributed by atoms with Crippen molar-refractivity contribution >= 4 is 28.8 Å². The fourth-order valence-electron chi connectivity index (χ4n) is 3.41. The van der Waals surface area contributed by atoms with Crippen LogP contribution >= 0.6 is 11.6 Å². The number of halogens is 1. The zero-order valence-corrected chi connectivity index (χ0v) is 16.8. The van der Waals surface area contributed by atoms with E-state index in [1.165, 1.54) is 17.9 Å². The van der Waals surface area contributed by atoms with Crippen molar-refractivity contribution in [3.8, 4) is 5.75 Å². The first-order chi connectivity index (χ1) is 14.0. The predicted octanol–water partition coefficient (Wildman–Crippen LogP) is 2.05. The minimum atomic E-state index is -0.465. The molecule has 3 aromatic rings. The molecule has 152 valence electrons. The molecule has 1 amide bonds. The molecule has 1 fully saturated rings. The topological polar surface area (TPSA) is 91.5 Å². The van der Waals surface area contributed by atoms with Crippen molar-refractivity contribution in [1.29, 1.82) is 0 Å². The Kier molecular flexibility index (Phi) is 5.25. The molecule has 0 unspecified atom stereocenters. The fraction of sp³-hybridized carbons (Fsp3) is 0.368. The number of hydrogen-bond acceptors (Lipinski definition) is 6. The summed E-state index contributed by atoms with van der Waals surface area (Å²) in [5.74, 6) is 1.09. The maximum absolute atomic E-state index is 13.1. The van der Waals surface area contributed by atoms with Crippen molar-refractivity contribution < 1.29 is 14.3 Å². The zero-order chi connectivity index (χ0) is 20.5. The molecule has 0 saturated carbocycles. The molecule has 0 spiro atoms. The molecule has 1 atom stereocenters. The van der Waals surface area contributed by atoms with Crippen LogP contribution < -0.4 is 10.4 Å². The third kappa shape index (κ3) is 3.70. The summed E-state index contributed by atoms with van der Waals surface area (Å²) in [6.45, 7) is 1.07. The Morgan fingerprint density at radius 3 is 2.97 bits per heavy atom. The van der Waals surface area contributed by atoms with Gasteiger partial charge in [0.05, 0.1) is 12.7 Å².